The molecule has 0 radical (unpaired) electrons. The van der Waals surface area contributed by atoms with Crippen LogP contribution in [-0.4, -0.2) is 29.4 Å². The van der Waals surface area contributed by atoms with Crippen LogP contribution in [0.15, 0.2) is 36.7 Å². The molecule has 0 saturated heterocycles. The molecule has 0 amide bonds. The maximum atomic E-state index is 14.2. The van der Waals surface area contributed by atoms with E-state index in [9.17, 15) is 4.39 Å². The van der Waals surface area contributed by atoms with Crippen molar-refractivity contribution in [3.05, 3.63) is 36.7 Å². The monoisotopic (exact) mass is 514 g/mol. The van der Waals surface area contributed by atoms with Crippen LogP contribution in [0.4, 0.5) is 4.39 Å². The molecule has 0 fully saturated rings. The maximum absolute atomic E-state index is 14.2. The zero-order valence-electron chi connectivity index (χ0n) is 23.6. The summed E-state index contributed by atoms with van der Waals surface area (Å²) < 4.78 is 25.7. The summed E-state index contributed by atoms with van der Waals surface area (Å²) in [5.41, 5.74) is 0.942. The fourth-order valence-electron chi connectivity index (χ4n) is 4.45. The first-order chi connectivity index (χ1) is 18.2. The number of hydrogen-bond donors (Lipinski definition) is 0. The summed E-state index contributed by atoms with van der Waals surface area (Å²) in [7, 11) is 0. The Bertz CT molecular complexity index is 782. The molecular weight excluding hydrogens is 463 g/mol. The molecule has 0 bridgehead atoms. The third kappa shape index (κ3) is 15.0. The third-order valence-corrected chi connectivity index (χ3v) is 6.81. The number of nitrogens with zero attached hydrogens (tertiary/aromatic N) is 2. The molecule has 1 atom stereocenters. The molecule has 0 unspecified atom stereocenters. The molecule has 0 aliphatic carbocycles. The van der Waals surface area contributed by atoms with Gasteiger partial charge in [0.1, 0.15) is 11.9 Å². The van der Waals surface area contributed by atoms with Crippen LogP contribution in [0.1, 0.15) is 123 Å². The Labute approximate surface area is 225 Å². The van der Waals surface area contributed by atoms with Crippen molar-refractivity contribution in [3.63, 3.8) is 0 Å². The topological polar surface area (TPSA) is 44.2 Å². The first kappa shape index (κ1) is 31.1. The lowest BCUT2D eigenvalue weighted by Gasteiger charge is -2.10. The number of unbranched alkanes of at least 4 members (excludes halogenated alkanes) is 12. The lowest BCUT2D eigenvalue weighted by atomic mass is 10.0. The number of alkyl halides is 1. The number of rotatable bonds is 23. The molecule has 0 N–H and O–H groups in total. The predicted molar refractivity (Wildman–Crippen MR) is 153 cm³/mol. The van der Waals surface area contributed by atoms with Gasteiger partial charge in [-0.3, -0.25) is 0 Å². The van der Waals surface area contributed by atoms with E-state index in [2.05, 4.69) is 23.8 Å². The fourth-order valence-corrected chi connectivity index (χ4v) is 4.45. The standard InChI is InChI=1S/C32H51FN2O2/c1-3-5-7-9-10-11-12-13-14-15-18-29(33)19-17-25-37-31-26-34-32(35-27-31)28-20-22-30(23-21-28)36-24-16-8-6-4-2/h20-23,26-27,29H,3-19,24-25H2,1-2H3/t29-/m0/s1. The van der Waals surface area contributed by atoms with Gasteiger partial charge in [-0.15, -0.1) is 0 Å². The van der Waals surface area contributed by atoms with Gasteiger partial charge in [0.05, 0.1) is 25.6 Å². The van der Waals surface area contributed by atoms with Crippen LogP contribution in [0, 0.1) is 0 Å². The summed E-state index contributed by atoms with van der Waals surface area (Å²) in [6.07, 6.45) is 22.2. The number of ether oxygens (including phenoxy) is 2. The normalized spacial score (nSPS) is 12.0. The van der Waals surface area contributed by atoms with Crippen molar-refractivity contribution in [1.29, 1.82) is 0 Å². The molecule has 2 rings (SSSR count). The fraction of sp³-hybridized carbons (Fsp3) is 0.688. The van der Waals surface area contributed by atoms with Gasteiger partial charge in [-0.2, -0.15) is 0 Å². The Balaban J connectivity index is 1.52. The second-order valence-electron chi connectivity index (χ2n) is 10.2. The van der Waals surface area contributed by atoms with E-state index in [0.717, 1.165) is 37.2 Å². The second kappa shape index (κ2) is 20.8. The minimum Gasteiger partial charge on any atom is -0.494 e. The number of halogens is 1. The minimum absolute atomic E-state index is 0.492. The van der Waals surface area contributed by atoms with E-state index in [-0.39, 0.29) is 0 Å². The van der Waals surface area contributed by atoms with Crippen LogP contribution >= 0.6 is 0 Å². The third-order valence-electron chi connectivity index (χ3n) is 6.81. The van der Waals surface area contributed by atoms with Crippen molar-refractivity contribution in [1.82, 2.24) is 9.97 Å². The van der Waals surface area contributed by atoms with Crippen LogP contribution in [0.2, 0.25) is 0 Å². The van der Waals surface area contributed by atoms with E-state index in [0.29, 0.717) is 37.4 Å². The van der Waals surface area contributed by atoms with Crippen molar-refractivity contribution >= 4 is 0 Å². The Kier molecular flexibility index (Phi) is 17.5. The van der Waals surface area contributed by atoms with E-state index in [1.807, 2.05) is 24.3 Å². The summed E-state index contributed by atoms with van der Waals surface area (Å²) >= 11 is 0. The Morgan fingerprint density at radius 3 is 1.70 bits per heavy atom. The number of aromatic nitrogens is 2. The van der Waals surface area contributed by atoms with Gasteiger partial charge in [0, 0.05) is 5.56 Å². The van der Waals surface area contributed by atoms with Crippen LogP contribution in [0.5, 0.6) is 11.5 Å². The van der Waals surface area contributed by atoms with Crippen molar-refractivity contribution < 1.29 is 13.9 Å². The Hall–Kier alpha value is -2.17. The van der Waals surface area contributed by atoms with Crippen molar-refractivity contribution in [2.75, 3.05) is 13.2 Å². The molecule has 1 aromatic carbocycles. The minimum atomic E-state index is -0.723. The van der Waals surface area contributed by atoms with Crippen LogP contribution in [-0.2, 0) is 0 Å². The van der Waals surface area contributed by atoms with Crippen LogP contribution in [0.3, 0.4) is 0 Å². The zero-order valence-corrected chi connectivity index (χ0v) is 23.6. The average Bonchev–Trinajstić information content (AvgIpc) is 2.93. The van der Waals surface area contributed by atoms with Crippen LogP contribution < -0.4 is 9.47 Å². The highest BCUT2D eigenvalue weighted by atomic mass is 19.1. The lowest BCUT2D eigenvalue weighted by Crippen LogP contribution is -2.05. The molecular formula is C32H51FN2O2. The molecule has 5 heteroatoms. The van der Waals surface area contributed by atoms with Gasteiger partial charge >= 0.3 is 0 Å². The number of benzene rings is 1. The van der Waals surface area contributed by atoms with Gasteiger partial charge in [0.15, 0.2) is 11.6 Å². The van der Waals surface area contributed by atoms with E-state index in [4.69, 9.17) is 9.47 Å². The molecule has 37 heavy (non-hydrogen) atoms. The maximum Gasteiger partial charge on any atom is 0.159 e. The second-order valence-corrected chi connectivity index (χ2v) is 10.2. The van der Waals surface area contributed by atoms with Crippen molar-refractivity contribution in [3.8, 4) is 22.9 Å². The highest BCUT2D eigenvalue weighted by molar-refractivity contribution is 5.56. The molecule has 208 valence electrons. The highest BCUT2D eigenvalue weighted by Crippen LogP contribution is 2.21. The van der Waals surface area contributed by atoms with E-state index >= 15 is 0 Å². The summed E-state index contributed by atoms with van der Waals surface area (Å²) in [5.74, 6) is 2.16. The molecule has 0 aliphatic heterocycles. The van der Waals surface area contributed by atoms with Crippen molar-refractivity contribution in [2.24, 2.45) is 0 Å². The largest absolute Gasteiger partial charge is 0.494 e. The number of hydrogen-bond acceptors (Lipinski definition) is 4. The SMILES string of the molecule is CCCCCCCCCCCC[C@H](F)CCCOc1cnc(-c2ccc(OCCCCCC)cc2)nc1. The molecule has 1 heterocycles. The summed E-state index contributed by atoms with van der Waals surface area (Å²) in [6.45, 7) is 5.71. The highest BCUT2D eigenvalue weighted by Gasteiger charge is 2.07. The molecule has 2 aromatic rings. The molecule has 0 saturated carbocycles. The molecule has 0 aliphatic rings. The predicted octanol–water partition coefficient (Wildman–Crippen LogP) is 9.91. The molecule has 0 spiro atoms. The van der Waals surface area contributed by atoms with Gasteiger partial charge < -0.3 is 9.47 Å². The quantitative estimate of drug-likeness (QED) is 0.138. The smallest absolute Gasteiger partial charge is 0.159 e. The Morgan fingerprint density at radius 1 is 0.595 bits per heavy atom. The van der Waals surface area contributed by atoms with E-state index in [1.165, 1.54) is 70.6 Å². The van der Waals surface area contributed by atoms with E-state index in [1.54, 1.807) is 12.4 Å². The van der Waals surface area contributed by atoms with Gasteiger partial charge in [-0.05, 0) is 49.9 Å². The summed E-state index contributed by atoms with van der Waals surface area (Å²) in [4.78, 5) is 8.85. The summed E-state index contributed by atoms with van der Waals surface area (Å²) in [5, 5.41) is 0. The van der Waals surface area contributed by atoms with Gasteiger partial charge in [0.25, 0.3) is 0 Å². The first-order valence-corrected chi connectivity index (χ1v) is 15.0. The van der Waals surface area contributed by atoms with Gasteiger partial charge in [-0.1, -0.05) is 97.3 Å². The molecule has 4 nitrogen and oxygen atoms in total. The molecule has 1 aromatic heterocycles. The van der Waals surface area contributed by atoms with Crippen LogP contribution in [0.25, 0.3) is 11.4 Å². The zero-order chi connectivity index (χ0) is 26.4. The van der Waals surface area contributed by atoms with Crippen molar-refractivity contribution in [2.45, 2.75) is 129 Å². The van der Waals surface area contributed by atoms with Gasteiger partial charge in [0.2, 0.25) is 0 Å². The average molecular weight is 515 g/mol. The van der Waals surface area contributed by atoms with E-state index < -0.39 is 6.17 Å². The first-order valence-electron chi connectivity index (χ1n) is 15.0. The Morgan fingerprint density at radius 2 is 1.08 bits per heavy atom. The summed E-state index contributed by atoms with van der Waals surface area (Å²) in [6, 6.07) is 7.89. The van der Waals surface area contributed by atoms with Gasteiger partial charge in [-0.25, -0.2) is 14.4 Å². The lowest BCUT2D eigenvalue weighted by molar-refractivity contribution is 0.244.